The molecule has 0 aliphatic carbocycles. The van der Waals surface area contributed by atoms with E-state index in [-0.39, 0.29) is 5.91 Å². The highest BCUT2D eigenvalue weighted by Crippen LogP contribution is 2.14. The van der Waals surface area contributed by atoms with Crippen LogP contribution in [0.5, 0.6) is 5.75 Å². The number of hydrogen-bond donors (Lipinski definition) is 0. The average Bonchev–Trinajstić information content (AvgIpc) is 2.19. The molecule has 1 rings (SSSR count). The van der Waals surface area contributed by atoms with Crippen LogP contribution < -0.4 is 10.1 Å². The number of carbonyl (C=O) groups is 1. The Bertz CT molecular complexity index is 279. The zero-order valence-corrected chi connectivity index (χ0v) is 7.78. The molecule has 0 heterocycles. The average molecular weight is 178 g/mol. The van der Waals surface area contributed by atoms with E-state index in [4.69, 9.17) is 4.74 Å². The monoisotopic (exact) mass is 178 g/mol. The molecule has 3 heteroatoms. The number of hydrogen-bond acceptors (Lipinski definition) is 2. The van der Waals surface area contributed by atoms with Gasteiger partial charge in [-0.05, 0) is 24.3 Å². The predicted octanol–water partition coefficient (Wildman–Crippen LogP) is 1.87. The van der Waals surface area contributed by atoms with Gasteiger partial charge in [0.2, 0.25) is 5.91 Å². The molecule has 69 valence electrons. The van der Waals surface area contributed by atoms with Gasteiger partial charge < -0.3 is 4.74 Å². The van der Waals surface area contributed by atoms with E-state index in [0.717, 1.165) is 5.75 Å². The van der Waals surface area contributed by atoms with E-state index in [1.807, 2.05) is 0 Å². The Balaban J connectivity index is 2.64. The highest BCUT2D eigenvalue weighted by molar-refractivity contribution is 5.80. The van der Waals surface area contributed by atoms with Gasteiger partial charge in [0.1, 0.15) is 5.75 Å². The number of amides is 1. The molecule has 0 aliphatic rings. The van der Waals surface area contributed by atoms with Crippen LogP contribution in [0.2, 0.25) is 0 Å². The summed E-state index contributed by atoms with van der Waals surface area (Å²) >= 11 is 0. The van der Waals surface area contributed by atoms with E-state index in [9.17, 15) is 4.79 Å². The fraction of sp³-hybridized carbons (Fsp3) is 0.300. The largest absolute Gasteiger partial charge is 0.497 e. The lowest BCUT2D eigenvalue weighted by molar-refractivity contribution is -0.119. The summed E-state index contributed by atoms with van der Waals surface area (Å²) in [6.45, 7) is 1.79. The maximum absolute atomic E-state index is 10.9. The summed E-state index contributed by atoms with van der Waals surface area (Å²) < 4.78 is 4.97. The summed E-state index contributed by atoms with van der Waals surface area (Å²) in [5.41, 5.74) is 0.674. The van der Waals surface area contributed by atoms with Crippen molar-refractivity contribution in [3.8, 4) is 5.75 Å². The second-order valence-electron chi connectivity index (χ2n) is 2.56. The fourth-order valence-electron chi connectivity index (χ4n) is 0.880. The Kier molecular flexibility index (Phi) is 3.31. The Hall–Kier alpha value is -1.51. The number of carbonyl (C=O) groups excluding carboxylic acids is 1. The smallest absolute Gasteiger partial charge is 0.245 e. The number of methoxy groups -OCH3 is 1. The molecular weight excluding hydrogens is 166 g/mol. The molecule has 1 aromatic carbocycles. The van der Waals surface area contributed by atoms with E-state index in [0.29, 0.717) is 12.1 Å². The van der Waals surface area contributed by atoms with Crippen LogP contribution in [-0.4, -0.2) is 13.0 Å². The molecule has 1 amide bonds. The minimum Gasteiger partial charge on any atom is -0.497 e. The normalized spacial score (nSPS) is 9.38. The summed E-state index contributed by atoms with van der Waals surface area (Å²) in [6.07, 6.45) is 0.437. The molecule has 1 radical (unpaired) electrons. The first-order valence-corrected chi connectivity index (χ1v) is 4.15. The minimum absolute atomic E-state index is 0.106. The summed E-state index contributed by atoms with van der Waals surface area (Å²) in [5, 5.41) is 3.86. The molecular formula is C10H12NO2. The Morgan fingerprint density at radius 3 is 2.46 bits per heavy atom. The Labute approximate surface area is 77.7 Å². The van der Waals surface area contributed by atoms with Gasteiger partial charge in [-0.2, -0.15) is 0 Å². The highest BCUT2D eigenvalue weighted by atomic mass is 16.5. The summed E-state index contributed by atoms with van der Waals surface area (Å²) in [4.78, 5) is 10.9. The quantitative estimate of drug-likeness (QED) is 0.708. The summed E-state index contributed by atoms with van der Waals surface area (Å²) in [7, 11) is 1.60. The van der Waals surface area contributed by atoms with Gasteiger partial charge >= 0.3 is 0 Å². The van der Waals surface area contributed by atoms with Crippen molar-refractivity contribution in [3.05, 3.63) is 24.3 Å². The molecule has 13 heavy (non-hydrogen) atoms. The Morgan fingerprint density at radius 1 is 1.38 bits per heavy atom. The van der Waals surface area contributed by atoms with Gasteiger partial charge in [-0.25, -0.2) is 5.32 Å². The standard InChI is InChI=1S/C10H12NO2/c1-3-10(12)11-8-4-6-9(13-2)7-5-8/h4-7H,3H2,1-2H3. The van der Waals surface area contributed by atoms with Gasteiger partial charge in [0.15, 0.2) is 0 Å². The minimum atomic E-state index is -0.106. The van der Waals surface area contributed by atoms with Crippen molar-refractivity contribution >= 4 is 11.6 Å². The van der Waals surface area contributed by atoms with Crippen LogP contribution in [0.4, 0.5) is 5.69 Å². The zero-order valence-electron chi connectivity index (χ0n) is 7.78. The van der Waals surface area contributed by atoms with Crippen molar-refractivity contribution in [2.75, 3.05) is 7.11 Å². The third-order valence-corrected chi connectivity index (χ3v) is 1.63. The van der Waals surface area contributed by atoms with Crippen molar-refractivity contribution in [2.45, 2.75) is 13.3 Å². The van der Waals surface area contributed by atoms with E-state index in [2.05, 4.69) is 5.32 Å². The van der Waals surface area contributed by atoms with Crippen LogP contribution in [0.3, 0.4) is 0 Å². The highest BCUT2D eigenvalue weighted by Gasteiger charge is 2.00. The molecule has 0 unspecified atom stereocenters. The van der Waals surface area contributed by atoms with E-state index < -0.39 is 0 Å². The van der Waals surface area contributed by atoms with Gasteiger partial charge in [-0.3, -0.25) is 4.79 Å². The molecule has 3 nitrogen and oxygen atoms in total. The van der Waals surface area contributed by atoms with Crippen LogP contribution in [0.1, 0.15) is 13.3 Å². The molecule has 0 atom stereocenters. The maximum Gasteiger partial charge on any atom is 0.245 e. The second kappa shape index (κ2) is 4.50. The molecule has 0 bridgehead atoms. The van der Waals surface area contributed by atoms with Crippen LogP contribution in [0.25, 0.3) is 0 Å². The molecule has 1 aromatic rings. The van der Waals surface area contributed by atoms with Gasteiger partial charge in [0.25, 0.3) is 0 Å². The second-order valence-corrected chi connectivity index (χ2v) is 2.56. The molecule has 0 aromatic heterocycles. The molecule has 0 spiro atoms. The van der Waals surface area contributed by atoms with Crippen molar-refractivity contribution in [2.24, 2.45) is 0 Å². The maximum atomic E-state index is 10.9. The van der Waals surface area contributed by atoms with Crippen LogP contribution in [0.15, 0.2) is 24.3 Å². The van der Waals surface area contributed by atoms with E-state index in [1.54, 1.807) is 38.3 Å². The first-order valence-electron chi connectivity index (χ1n) is 4.15. The van der Waals surface area contributed by atoms with Crippen LogP contribution in [0, 0.1) is 0 Å². The molecule has 0 saturated heterocycles. The number of nitrogens with zero attached hydrogens (tertiary/aromatic N) is 1. The lowest BCUT2D eigenvalue weighted by Gasteiger charge is -2.01. The van der Waals surface area contributed by atoms with E-state index in [1.165, 1.54) is 0 Å². The first kappa shape index (κ1) is 9.58. The molecule has 0 N–H and O–H groups in total. The number of ether oxygens (including phenoxy) is 1. The number of rotatable bonds is 3. The van der Waals surface area contributed by atoms with Crippen LogP contribution in [-0.2, 0) is 4.79 Å². The van der Waals surface area contributed by atoms with Crippen LogP contribution >= 0.6 is 0 Å². The molecule has 0 saturated carbocycles. The lowest BCUT2D eigenvalue weighted by atomic mass is 10.3. The van der Waals surface area contributed by atoms with Gasteiger partial charge in [-0.1, -0.05) is 6.92 Å². The zero-order chi connectivity index (χ0) is 9.68. The molecule has 0 aliphatic heterocycles. The number of benzene rings is 1. The van der Waals surface area contributed by atoms with Crippen molar-refractivity contribution in [1.82, 2.24) is 5.32 Å². The first-order chi connectivity index (χ1) is 6.26. The van der Waals surface area contributed by atoms with Gasteiger partial charge in [0.05, 0.1) is 12.8 Å². The third kappa shape index (κ3) is 2.78. The van der Waals surface area contributed by atoms with Crippen molar-refractivity contribution < 1.29 is 9.53 Å². The predicted molar refractivity (Wildman–Crippen MR) is 50.1 cm³/mol. The van der Waals surface area contributed by atoms with E-state index >= 15 is 0 Å². The third-order valence-electron chi connectivity index (χ3n) is 1.63. The molecule has 0 fully saturated rings. The SMILES string of the molecule is CCC(=O)[N]c1ccc(OC)cc1. The lowest BCUT2D eigenvalue weighted by Crippen LogP contribution is -2.07. The fourth-order valence-corrected chi connectivity index (χ4v) is 0.880. The topological polar surface area (TPSA) is 40.4 Å². The summed E-state index contributed by atoms with van der Waals surface area (Å²) in [6, 6.07) is 7.07. The van der Waals surface area contributed by atoms with Crippen molar-refractivity contribution in [1.29, 1.82) is 0 Å². The summed E-state index contributed by atoms with van der Waals surface area (Å²) in [5.74, 6) is 0.660. The Morgan fingerprint density at radius 2 is 2.00 bits per heavy atom. The van der Waals surface area contributed by atoms with Gasteiger partial charge in [-0.15, -0.1) is 0 Å². The van der Waals surface area contributed by atoms with Gasteiger partial charge in [0, 0.05) is 6.42 Å². The van der Waals surface area contributed by atoms with Crippen molar-refractivity contribution in [3.63, 3.8) is 0 Å².